The molecule has 0 radical (unpaired) electrons. The van der Waals surface area contributed by atoms with Crippen molar-refractivity contribution in [1.82, 2.24) is 0 Å². The lowest BCUT2D eigenvalue weighted by Gasteiger charge is -2.31. The lowest BCUT2D eigenvalue weighted by atomic mass is 9.87. The molecule has 0 spiro atoms. The van der Waals surface area contributed by atoms with Crippen LogP contribution in [0.2, 0.25) is 0 Å². The van der Waals surface area contributed by atoms with Gasteiger partial charge in [0.15, 0.2) is 16.7 Å². The molecular weight excluding hydrogens is 448 g/mol. The van der Waals surface area contributed by atoms with Crippen molar-refractivity contribution < 1.29 is 23.7 Å². The number of hydrogen-bond acceptors (Lipinski definition) is 5. The van der Waals surface area contributed by atoms with Gasteiger partial charge in [-0.25, -0.2) is 0 Å². The molecule has 0 aliphatic carbocycles. The summed E-state index contributed by atoms with van der Waals surface area (Å²) in [7, 11) is 3.29. The molecule has 0 amide bonds. The summed E-state index contributed by atoms with van der Waals surface area (Å²) < 4.78 is 22.4. The Labute approximate surface area is 204 Å². The second-order valence-electron chi connectivity index (χ2n) is 9.51. The monoisotopic (exact) mass is 481 g/mol. The van der Waals surface area contributed by atoms with Crippen molar-refractivity contribution in [3.63, 3.8) is 0 Å². The standard InChI is InChI=1S/C28H33O5S/c1-28(2,3)27(34-14-12-32-13-15-34)26(29)19-6-9-22(10-7-19)33-23-11-8-20-17-24(30-4)25(31-5)18-21(20)16-23/h6-11,16-18,27H,12-15H2,1-5H3/q+1. The van der Waals surface area contributed by atoms with Crippen LogP contribution >= 0.6 is 0 Å². The molecule has 0 N–H and O–H groups in total. The van der Waals surface area contributed by atoms with Gasteiger partial charge < -0.3 is 18.9 Å². The minimum absolute atomic E-state index is 0.00405. The van der Waals surface area contributed by atoms with Crippen LogP contribution in [0, 0.1) is 5.41 Å². The molecular formula is C28H33O5S+. The Bertz CT molecular complexity index is 1140. The number of ketones is 1. The van der Waals surface area contributed by atoms with Crippen molar-refractivity contribution >= 4 is 27.5 Å². The quantitative estimate of drug-likeness (QED) is 0.311. The van der Waals surface area contributed by atoms with Gasteiger partial charge >= 0.3 is 0 Å². The number of hydrogen-bond donors (Lipinski definition) is 0. The topological polar surface area (TPSA) is 54.0 Å². The van der Waals surface area contributed by atoms with Crippen molar-refractivity contribution in [1.29, 1.82) is 0 Å². The highest BCUT2D eigenvalue weighted by Crippen LogP contribution is 2.35. The summed E-state index contributed by atoms with van der Waals surface area (Å²) in [4.78, 5) is 13.5. The smallest absolute Gasteiger partial charge is 0.215 e. The number of rotatable bonds is 7. The zero-order valence-corrected chi connectivity index (χ0v) is 21.4. The zero-order chi connectivity index (χ0) is 24.3. The average molecular weight is 482 g/mol. The van der Waals surface area contributed by atoms with E-state index in [1.807, 2.05) is 54.6 Å². The molecule has 1 aliphatic rings. The number of carbonyl (C=O) groups is 1. The van der Waals surface area contributed by atoms with E-state index in [4.69, 9.17) is 18.9 Å². The Morgan fingerprint density at radius 2 is 1.44 bits per heavy atom. The van der Waals surface area contributed by atoms with Gasteiger partial charge in [-0.2, -0.15) is 0 Å². The van der Waals surface area contributed by atoms with Crippen molar-refractivity contribution in [2.45, 2.75) is 26.0 Å². The highest BCUT2D eigenvalue weighted by atomic mass is 32.2. The summed E-state index contributed by atoms with van der Waals surface area (Å²) in [6, 6.07) is 17.3. The van der Waals surface area contributed by atoms with Gasteiger partial charge in [0.1, 0.15) is 23.0 Å². The fourth-order valence-electron chi connectivity index (χ4n) is 4.41. The van der Waals surface area contributed by atoms with Gasteiger partial charge in [-0.15, -0.1) is 0 Å². The summed E-state index contributed by atoms with van der Waals surface area (Å²) in [6.07, 6.45) is 0. The first-order valence-corrected chi connectivity index (χ1v) is 13.1. The normalized spacial score (nSPS) is 15.7. The molecule has 6 heteroatoms. The molecule has 0 aromatic heterocycles. The fourth-order valence-corrected chi connectivity index (χ4v) is 7.19. The molecule has 1 heterocycles. The molecule has 0 saturated carbocycles. The van der Waals surface area contributed by atoms with Crippen LogP contribution in [-0.2, 0) is 15.6 Å². The van der Waals surface area contributed by atoms with E-state index >= 15 is 0 Å². The summed E-state index contributed by atoms with van der Waals surface area (Å²) in [6.45, 7) is 8.00. The molecule has 1 aliphatic heterocycles. The Balaban J connectivity index is 1.53. The van der Waals surface area contributed by atoms with E-state index in [1.54, 1.807) is 14.2 Å². The summed E-state index contributed by atoms with van der Waals surface area (Å²) in [5.74, 6) is 4.93. The van der Waals surface area contributed by atoms with Crippen LogP contribution in [-0.4, -0.2) is 50.0 Å². The van der Waals surface area contributed by atoms with Gasteiger partial charge in [0.25, 0.3) is 0 Å². The molecule has 3 aromatic rings. The van der Waals surface area contributed by atoms with E-state index in [2.05, 4.69) is 20.8 Å². The number of ether oxygens (including phenoxy) is 4. The maximum absolute atomic E-state index is 13.5. The lowest BCUT2D eigenvalue weighted by Crippen LogP contribution is -2.47. The molecule has 1 fully saturated rings. The van der Waals surface area contributed by atoms with E-state index in [0.29, 0.717) is 17.2 Å². The van der Waals surface area contributed by atoms with Crippen molar-refractivity contribution in [3.05, 3.63) is 60.2 Å². The first kappa shape index (κ1) is 24.4. The number of carbonyl (C=O) groups excluding carboxylic acids is 1. The Hall–Kier alpha value is -2.70. The van der Waals surface area contributed by atoms with Crippen LogP contribution in [0.1, 0.15) is 31.1 Å². The Kier molecular flexibility index (Phi) is 7.39. The zero-order valence-electron chi connectivity index (χ0n) is 20.6. The number of fused-ring (bicyclic) bond motifs is 1. The maximum Gasteiger partial charge on any atom is 0.215 e. The average Bonchev–Trinajstić information content (AvgIpc) is 2.83. The summed E-state index contributed by atoms with van der Waals surface area (Å²) >= 11 is 0. The van der Waals surface area contributed by atoms with E-state index in [0.717, 1.165) is 46.8 Å². The van der Waals surface area contributed by atoms with Crippen LogP contribution < -0.4 is 14.2 Å². The van der Waals surface area contributed by atoms with Crippen molar-refractivity contribution in [2.75, 3.05) is 38.9 Å². The number of methoxy groups -OCH3 is 2. The second-order valence-corrected chi connectivity index (χ2v) is 11.9. The molecule has 1 saturated heterocycles. The highest BCUT2D eigenvalue weighted by Gasteiger charge is 2.46. The molecule has 180 valence electrons. The van der Waals surface area contributed by atoms with Gasteiger partial charge in [0.05, 0.1) is 27.4 Å². The van der Waals surface area contributed by atoms with E-state index in [-0.39, 0.29) is 27.3 Å². The van der Waals surface area contributed by atoms with E-state index < -0.39 is 0 Å². The van der Waals surface area contributed by atoms with Crippen LogP contribution in [0.4, 0.5) is 0 Å². The SMILES string of the molecule is COc1cc2ccc(Oc3ccc(C(=O)C([S+]4CCOCC4)C(C)(C)C)cc3)cc2cc1OC. The number of benzene rings is 3. The molecule has 5 nitrogen and oxygen atoms in total. The lowest BCUT2D eigenvalue weighted by molar-refractivity contribution is 0.0946. The van der Waals surface area contributed by atoms with Crippen LogP contribution in [0.5, 0.6) is 23.0 Å². The van der Waals surface area contributed by atoms with Gasteiger partial charge in [0, 0.05) is 21.9 Å². The molecule has 1 unspecified atom stereocenters. The molecule has 0 bridgehead atoms. The molecule has 4 rings (SSSR count). The van der Waals surface area contributed by atoms with Crippen LogP contribution in [0.15, 0.2) is 54.6 Å². The molecule has 34 heavy (non-hydrogen) atoms. The minimum Gasteiger partial charge on any atom is -0.493 e. The van der Waals surface area contributed by atoms with Crippen molar-refractivity contribution in [2.24, 2.45) is 5.41 Å². The number of Topliss-reactive ketones (excluding diaryl/α,β-unsaturated/α-hetero) is 1. The first-order valence-electron chi connectivity index (χ1n) is 11.5. The van der Waals surface area contributed by atoms with Crippen LogP contribution in [0.3, 0.4) is 0 Å². The third-order valence-electron chi connectivity index (χ3n) is 6.03. The molecule has 3 aromatic carbocycles. The predicted molar refractivity (Wildman–Crippen MR) is 139 cm³/mol. The Morgan fingerprint density at radius 3 is 2.03 bits per heavy atom. The fraction of sp³-hybridized carbons (Fsp3) is 0.393. The second kappa shape index (κ2) is 10.3. The van der Waals surface area contributed by atoms with Crippen molar-refractivity contribution in [3.8, 4) is 23.0 Å². The predicted octanol–water partition coefficient (Wildman–Crippen LogP) is 5.90. The minimum atomic E-state index is -0.0957. The third kappa shape index (κ3) is 5.34. The van der Waals surface area contributed by atoms with Gasteiger partial charge in [-0.1, -0.05) is 26.8 Å². The van der Waals surface area contributed by atoms with Gasteiger partial charge in [-0.05, 0) is 59.3 Å². The van der Waals surface area contributed by atoms with Gasteiger partial charge in [0.2, 0.25) is 5.78 Å². The van der Waals surface area contributed by atoms with E-state index in [1.165, 1.54) is 0 Å². The van der Waals surface area contributed by atoms with Gasteiger partial charge in [-0.3, -0.25) is 4.79 Å². The third-order valence-corrected chi connectivity index (χ3v) is 9.00. The maximum atomic E-state index is 13.5. The first-order chi connectivity index (χ1) is 16.3. The highest BCUT2D eigenvalue weighted by molar-refractivity contribution is 7.98. The largest absolute Gasteiger partial charge is 0.493 e. The molecule has 1 atom stereocenters. The Morgan fingerprint density at radius 1 is 0.853 bits per heavy atom. The summed E-state index contributed by atoms with van der Waals surface area (Å²) in [5, 5.41) is 2.02. The summed E-state index contributed by atoms with van der Waals surface area (Å²) in [5.41, 5.74) is 0.642. The van der Waals surface area contributed by atoms with E-state index in [9.17, 15) is 4.79 Å². The van der Waals surface area contributed by atoms with Crippen LogP contribution in [0.25, 0.3) is 10.8 Å².